The van der Waals surface area contributed by atoms with Crippen molar-refractivity contribution in [2.75, 3.05) is 13.2 Å². The summed E-state index contributed by atoms with van der Waals surface area (Å²) in [6, 6.07) is 7.39. The van der Waals surface area contributed by atoms with Crippen LogP contribution in [0.2, 0.25) is 0 Å². The summed E-state index contributed by atoms with van der Waals surface area (Å²) in [4.78, 5) is 1.58. The predicted molar refractivity (Wildman–Crippen MR) is 87.5 cm³/mol. The maximum atomic E-state index is 9.86. The molecule has 2 aromatic rings. The smallest absolute Gasteiger partial charge is 0.119 e. The quantitative estimate of drug-likeness (QED) is 0.729. The fraction of sp³-hybridized carbons (Fsp3) is 0.529. The minimum Gasteiger partial charge on any atom is -0.492 e. The largest absolute Gasteiger partial charge is 0.492 e. The molecule has 1 aromatic heterocycles. The second kappa shape index (κ2) is 9.15. The zero-order valence-electron chi connectivity index (χ0n) is 13.8. The molecule has 0 aliphatic rings. The van der Waals surface area contributed by atoms with E-state index in [0.29, 0.717) is 25.7 Å². The molecule has 0 radical (unpaired) electrons. The van der Waals surface area contributed by atoms with Crippen molar-refractivity contribution >= 4 is 0 Å². The molecule has 126 valence electrons. The molecule has 0 fully saturated rings. The Balaban J connectivity index is 1.67. The monoisotopic (exact) mass is 319 g/mol. The van der Waals surface area contributed by atoms with E-state index in [4.69, 9.17) is 9.47 Å². The molecule has 2 rings (SSSR count). The van der Waals surface area contributed by atoms with Crippen LogP contribution in [0.4, 0.5) is 0 Å². The maximum Gasteiger partial charge on any atom is 0.119 e. The Hall–Kier alpha value is -2.08. The van der Waals surface area contributed by atoms with Crippen LogP contribution in [0.5, 0.6) is 11.5 Å². The molecule has 6 heteroatoms. The van der Waals surface area contributed by atoms with E-state index in [0.717, 1.165) is 24.3 Å². The van der Waals surface area contributed by atoms with Crippen LogP contribution >= 0.6 is 0 Å². The number of aliphatic hydroxyl groups is 1. The van der Waals surface area contributed by atoms with E-state index >= 15 is 0 Å². The van der Waals surface area contributed by atoms with Crippen molar-refractivity contribution in [1.29, 1.82) is 0 Å². The average molecular weight is 319 g/mol. The lowest BCUT2D eigenvalue weighted by Crippen LogP contribution is -2.18. The van der Waals surface area contributed by atoms with E-state index in [9.17, 15) is 5.11 Å². The third-order valence-electron chi connectivity index (χ3n) is 3.37. The number of aromatic nitrogens is 3. The SMILES string of the molecule is CC(C)CCC(O)COc1ccc(OCCn2nccn2)cc1. The zero-order valence-corrected chi connectivity index (χ0v) is 13.8. The molecule has 0 aliphatic heterocycles. The van der Waals surface area contributed by atoms with Crippen LogP contribution in [0.3, 0.4) is 0 Å². The van der Waals surface area contributed by atoms with Crippen molar-refractivity contribution in [3.05, 3.63) is 36.7 Å². The first-order valence-corrected chi connectivity index (χ1v) is 8.01. The van der Waals surface area contributed by atoms with Gasteiger partial charge in [0.15, 0.2) is 0 Å². The number of hydrogen-bond acceptors (Lipinski definition) is 5. The lowest BCUT2D eigenvalue weighted by atomic mass is 10.1. The summed E-state index contributed by atoms with van der Waals surface area (Å²) in [5.41, 5.74) is 0. The summed E-state index contributed by atoms with van der Waals surface area (Å²) in [5.74, 6) is 2.09. The Labute approximate surface area is 137 Å². The van der Waals surface area contributed by atoms with Gasteiger partial charge >= 0.3 is 0 Å². The lowest BCUT2D eigenvalue weighted by molar-refractivity contribution is 0.0950. The molecule has 1 atom stereocenters. The first-order chi connectivity index (χ1) is 11.1. The highest BCUT2D eigenvalue weighted by molar-refractivity contribution is 5.31. The molecule has 0 spiro atoms. The van der Waals surface area contributed by atoms with Crippen LogP contribution in [0, 0.1) is 5.92 Å². The third-order valence-corrected chi connectivity index (χ3v) is 3.37. The average Bonchev–Trinajstić information content (AvgIpc) is 3.05. The van der Waals surface area contributed by atoms with E-state index in [1.807, 2.05) is 24.3 Å². The summed E-state index contributed by atoms with van der Waals surface area (Å²) in [6.45, 7) is 5.72. The molecular formula is C17H25N3O3. The number of aliphatic hydroxyl groups excluding tert-OH is 1. The maximum absolute atomic E-state index is 9.86. The number of nitrogens with zero attached hydrogens (tertiary/aromatic N) is 3. The third kappa shape index (κ3) is 6.69. The van der Waals surface area contributed by atoms with Gasteiger partial charge in [-0.3, -0.25) is 0 Å². The minimum absolute atomic E-state index is 0.317. The number of rotatable bonds is 10. The normalized spacial score (nSPS) is 12.3. The van der Waals surface area contributed by atoms with Gasteiger partial charge < -0.3 is 14.6 Å². The van der Waals surface area contributed by atoms with Gasteiger partial charge in [0.2, 0.25) is 0 Å². The lowest BCUT2D eigenvalue weighted by Gasteiger charge is -2.14. The summed E-state index contributed by atoms with van der Waals surface area (Å²) in [5, 5.41) is 17.9. The van der Waals surface area contributed by atoms with E-state index < -0.39 is 6.10 Å². The minimum atomic E-state index is -0.421. The van der Waals surface area contributed by atoms with Gasteiger partial charge in [-0.1, -0.05) is 13.8 Å². The molecule has 0 amide bonds. The summed E-state index contributed by atoms with van der Waals surface area (Å²) >= 11 is 0. The van der Waals surface area contributed by atoms with Crippen molar-refractivity contribution < 1.29 is 14.6 Å². The Kier molecular flexibility index (Phi) is 6.87. The van der Waals surface area contributed by atoms with Crippen molar-refractivity contribution in [2.24, 2.45) is 5.92 Å². The molecule has 0 aliphatic carbocycles. The number of hydrogen-bond donors (Lipinski definition) is 1. The molecule has 1 N–H and O–H groups in total. The highest BCUT2D eigenvalue weighted by atomic mass is 16.5. The molecular weight excluding hydrogens is 294 g/mol. The number of ether oxygens (including phenoxy) is 2. The second-order valence-electron chi connectivity index (χ2n) is 5.88. The Morgan fingerprint density at radius 2 is 1.61 bits per heavy atom. The molecule has 1 unspecified atom stereocenters. The van der Waals surface area contributed by atoms with E-state index in [-0.39, 0.29) is 0 Å². The molecule has 0 saturated carbocycles. The molecule has 23 heavy (non-hydrogen) atoms. The van der Waals surface area contributed by atoms with E-state index in [1.54, 1.807) is 17.2 Å². The van der Waals surface area contributed by atoms with Crippen molar-refractivity contribution in [3.8, 4) is 11.5 Å². The molecule has 0 bridgehead atoms. The Bertz CT molecular complexity index is 541. The van der Waals surface area contributed by atoms with Crippen LogP contribution in [0.1, 0.15) is 26.7 Å². The molecule has 1 aromatic carbocycles. The van der Waals surface area contributed by atoms with Gasteiger partial charge in [0.1, 0.15) is 24.7 Å². The van der Waals surface area contributed by atoms with Crippen LogP contribution < -0.4 is 9.47 Å². The van der Waals surface area contributed by atoms with Crippen LogP contribution in [-0.4, -0.2) is 39.4 Å². The van der Waals surface area contributed by atoms with Gasteiger partial charge in [0.05, 0.1) is 25.0 Å². The van der Waals surface area contributed by atoms with Gasteiger partial charge in [-0.15, -0.1) is 0 Å². The Morgan fingerprint density at radius 3 is 2.22 bits per heavy atom. The summed E-state index contributed by atoms with van der Waals surface area (Å²) < 4.78 is 11.2. The van der Waals surface area contributed by atoms with Gasteiger partial charge in [0.25, 0.3) is 0 Å². The topological polar surface area (TPSA) is 69.4 Å². The number of benzene rings is 1. The zero-order chi connectivity index (χ0) is 16.5. The van der Waals surface area contributed by atoms with Crippen LogP contribution in [0.25, 0.3) is 0 Å². The van der Waals surface area contributed by atoms with Crippen LogP contribution in [0.15, 0.2) is 36.7 Å². The summed E-state index contributed by atoms with van der Waals surface area (Å²) in [7, 11) is 0. The molecule has 6 nitrogen and oxygen atoms in total. The van der Waals surface area contributed by atoms with Gasteiger partial charge in [0, 0.05) is 0 Å². The summed E-state index contributed by atoms with van der Waals surface area (Å²) in [6.07, 6.45) is 4.63. The predicted octanol–water partition coefficient (Wildman–Crippen LogP) is 2.53. The standard InChI is InChI=1S/C17H25N3O3/c1-14(2)3-4-15(21)13-23-17-7-5-16(6-8-17)22-12-11-20-18-9-10-19-20/h5-10,14-15,21H,3-4,11-13H2,1-2H3. The highest BCUT2D eigenvalue weighted by Crippen LogP contribution is 2.18. The molecule has 0 saturated heterocycles. The van der Waals surface area contributed by atoms with Crippen LogP contribution in [-0.2, 0) is 6.54 Å². The second-order valence-corrected chi connectivity index (χ2v) is 5.88. The van der Waals surface area contributed by atoms with Gasteiger partial charge in [-0.2, -0.15) is 15.0 Å². The Morgan fingerprint density at radius 1 is 1.00 bits per heavy atom. The molecule has 1 heterocycles. The first kappa shape index (κ1) is 17.3. The van der Waals surface area contributed by atoms with Crippen molar-refractivity contribution in [3.63, 3.8) is 0 Å². The fourth-order valence-corrected chi connectivity index (χ4v) is 2.04. The van der Waals surface area contributed by atoms with E-state index in [1.165, 1.54) is 0 Å². The first-order valence-electron chi connectivity index (χ1n) is 8.01. The van der Waals surface area contributed by atoms with Crippen molar-refractivity contribution in [1.82, 2.24) is 15.0 Å². The van der Waals surface area contributed by atoms with Crippen molar-refractivity contribution in [2.45, 2.75) is 39.3 Å². The van der Waals surface area contributed by atoms with Gasteiger partial charge in [-0.25, -0.2) is 0 Å². The fourth-order valence-electron chi connectivity index (χ4n) is 2.04. The highest BCUT2D eigenvalue weighted by Gasteiger charge is 2.07. The van der Waals surface area contributed by atoms with E-state index in [2.05, 4.69) is 24.0 Å². The van der Waals surface area contributed by atoms with Gasteiger partial charge in [-0.05, 0) is 43.0 Å².